The molecular weight excluding hydrogens is 282 g/mol. The fourth-order valence-corrected chi connectivity index (χ4v) is 2.16. The molecule has 22 heavy (non-hydrogen) atoms. The fourth-order valence-electron chi connectivity index (χ4n) is 2.16. The van der Waals surface area contributed by atoms with E-state index in [1.807, 2.05) is 11.6 Å². The minimum Gasteiger partial charge on any atom is -0.361 e. The topological polar surface area (TPSA) is 93.2 Å². The Bertz CT molecular complexity index is 607. The van der Waals surface area contributed by atoms with Gasteiger partial charge in [0.05, 0.1) is 12.2 Å². The first kappa shape index (κ1) is 16.0. The van der Waals surface area contributed by atoms with Crippen molar-refractivity contribution in [2.24, 2.45) is 12.0 Å². The van der Waals surface area contributed by atoms with Crippen molar-refractivity contribution in [2.45, 2.75) is 39.8 Å². The van der Waals surface area contributed by atoms with E-state index in [9.17, 15) is 0 Å². The summed E-state index contributed by atoms with van der Waals surface area (Å²) in [7, 11) is 3.65. The van der Waals surface area contributed by atoms with Crippen LogP contribution in [0, 0.1) is 0 Å². The first-order chi connectivity index (χ1) is 10.7. The molecule has 0 aliphatic carbocycles. The number of aliphatic imine (C=N–C) groups is 1. The van der Waals surface area contributed by atoms with Crippen molar-refractivity contribution in [3.63, 3.8) is 0 Å². The molecule has 0 spiro atoms. The van der Waals surface area contributed by atoms with Crippen molar-refractivity contribution in [2.75, 3.05) is 7.05 Å². The lowest BCUT2D eigenvalue weighted by Gasteiger charge is -2.11. The second-order valence-electron chi connectivity index (χ2n) is 4.88. The van der Waals surface area contributed by atoms with Gasteiger partial charge in [-0.05, 0) is 6.42 Å². The highest BCUT2D eigenvalue weighted by molar-refractivity contribution is 5.79. The second kappa shape index (κ2) is 7.58. The van der Waals surface area contributed by atoms with Gasteiger partial charge < -0.3 is 19.7 Å². The molecule has 0 radical (unpaired) electrons. The predicted octanol–water partition coefficient (Wildman–Crippen LogP) is 0.793. The van der Waals surface area contributed by atoms with E-state index in [0.717, 1.165) is 35.7 Å². The maximum Gasteiger partial charge on any atom is 0.191 e. The molecule has 2 N–H and O–H groups in total. The zero-order chi connectivity index (χ0) is 15.9. The van der Waals surface area contributed by atoms with Crippen LogP contribution in [-0.4, -0.2) is 32.9 Å². The van der Waals surface area contributed by atoms with Crippen molar-refractivity contribution in [3.8, 4) is 0 Å². The van der Waals surface area contributed by atoms with Crippen molar-refractivity contribution in [1.82, 2.24) is 30.6 Å². The van der Waals surface area contributed by atoms with Crippen molar-refractivity contribution < 1.29 is 4.52 Å². The van der Waals surface area contributed by atoms with Gasteiger partial charge >= 0.3 is 0 Å². The molecule has 2 aromatic heterocycles. The van der Waals surface area contributed by atoms with Crippen LogP contribution in [0.2, 0.25) is 0 Å². The third-order valence-electron chi connectivity index (χ3n) is 3.48. The van der Waals surface area contributed by atoms with E-state index in [1.54, 1.807) is 13.4 Å². The number of guanidine groups is 1. The highest BCUT2D eigenvalue weighted by atomic mass is 16.5. The third kappa shape index (κ3) is 3.63. The summed E-state index contributed by atoms with van der Waals surface area (Å²) < 4.78 is 7.23. The summed E-state index contributed by atoms with van der Waals surface area (Å²) in [6.45, 7) is 5.32. The molecule has 0 aliphatic heterocycles. The van der Waals surface area contributed by atoms with Crippen LogP contribution >= 0.6 is 0 Å². The Labute approximate surface area is 130 Å². The molecule has 0 unspecified atom stereocenters. The van der Waals surface area contributed by atoms with Crippen LogP contribution in [0.5, 0.6) is 0 Å². The van der Waals surface area contributed by atoms with Crippen molar-refractivity contribution >= 4 is 5.96 Å². The normalized spacial score (nSPS) is 11.7. The molecule has 2 aromatic rings. The van der Waals surface area contributed by atoms with E-state index in [2.05, 4.69) is 44.8 Å². The van der Waals surface area contributed by atoms with Gasteiger partial charge in [-0.3, -0.25) is 4.99 Å². The SMILES string of the molecule is CCc1noc(CC)c1CNC(=NC)NCc1nncn1C. The Morgan fingerprint density at radius 2 is 2.05 bits per heavy atom. The summed E-state index contributed by atoms with van der Waals surface area (Å²) in [5.41, 5.74) is 2.11. The molecule has 0 fully saturated rings. The van der Waals surface area contributed by atoms with Gasteiger partial charge in [0, 0.05) is 32.6 Å². The minimum atomic E-state index is 0.557. The smallest absolute Gasteiger partial charge is 0.191 e. The van der Waals surface area contributed by atoms with E-state index in [4.69, 9.17) is 4.52 Å². The first-order valence-electron chi connectivity index (χ1n) is 7.43. The van der Waals surface area contributed by atoms with Gasteiger partial charge in [-0.1, -0.05) is 19.0 Å². The average Bonchev–Trinajstić information content (AvgIpc) is 3.13. The Morgan fingerprint density at radius 1 is 1.27 bits per heavy atom. The van der Waals surface area contributed by atoms with Crippen molar-refractivity contribution in [3.05, 3.63) is 29.2 Å². The van der Waals surface area contributed by atoms with Gasteiger partial charge in [0.15, 0.2) is 11.8 Å². The molecule has 8 heteroatoms. The summed E-state index contributed by atoms with van der Waals surface area (Å²) in [5.74, 6) is 2.47. The standard InChI is InChI=1S/C14H23N7O/c1-5-11-10(12(6-2)22-20-11)7-16-14(15-3)17-8-13-19-18-9-21(13)4/h9H,5-8H2,1-4H3,(H2,15,16,17). The highest BCUT2D eigenvalue weighted by Crippen LogP contribution is 2.15. The number of aryl methyl sites for hydroxylation is 3. The molecule has 2 heterocycles. The minimum absolute atomic E-state index is 0.557. The summed E-state index contributed by atoms with van der Waals surface area (Å²) in [5, 5.41) is 18.5. The maximum absolute atomic E-state index is 5.36. The van der Waals surface area contributed by atoms with Gasteiger partial charge in [-0.25, -0.2) is 0 Å². The molecule has 0 amide bonds. The molecular formula is C14H23N7O. The summed E-state index contributed by atoms with van der Waals surface area (Å²) in [6, 6.07) is 0. The van der Waals surface area contributed by atoms with Gasteiger partial charge in [0.1, 0.15) is 12.1 Å². The quantitative estimate of drug-likeness (QED) is 0.605. The zero-order valence-electron chi connectivity index (χ0n) is 13.6. The largest absolute Gasteiger partial charge is 0.361 e. The number of nitrogens with zero attached hydrogens (tertiary/aromatic N) is 5. The van der Waals surface area contributed by atoms with Crippen LogP contribution in [-0.2, 0) is 33.0 Å². The van der Waals surface area contributed by atoms with Crippen molar-refractivity contribution in [1.29, 1.82) is 0 Å². The Hall–Kier alpha value is -2.38. The first-order valence-corrected chi connectivity index (χ1v) is 7.43. The van der Waals surface area contributed by atoms with E-state index >= 15 is 0 Å². The van der Waals surface area contributed by atoms with E-state index in [0.29, 0.717) is 19.0 Å². The van der Waals surface area contributed by atoms with Gasteiger partial charge in [-0.2, -0.15) is 0 Å². The molecule has 2 rings (SSSR count). The molecule has 120 valence electrons. The van der Waals surface area contributed by atoms with Crippen LogP contribution in [0.4, 0.5) is 0 Å². The Morgan fingerprint density at radius 3 is 2.64 bits per heavy atom. The number of nitrogens with one attached hydrogen (secondary N) is 2. The summed E-state index contributed by atoms with van der Waals surface area (Å²) >= 11 is 0. The third-order valence-corrected chi connectivity index (χ3v) is 3.48. The number of hydrogen-bond acceptors (Lipinski definition) is 5. The van der Waals surface area contributed by atoms with Crippen LogP contribution in [0.3, 0.4) is 0 Å². The monoisotopic (exact) mass is 305 g/mol. The second-order valence-corrected chi connectivity index (χ2v) is 4.88. The Balaban J connectivity index is 1.94. The number of hydrogen-bond donors (Lipinski definition) is 2. The van der Waals surface area contributed by atoms with Crippen LogP contribution < -0.4 is 10.6 Å². The summed E-state index contributed by atoms with van der Waals surface area (Å²) in [6.07, 6.45) is 3.35. The molecule has 0 atom stereocenters. The van der Waals surface area contributed by atoms with E-state index in [1.165, 1.54) is 0 Å². The molecule has 0 aromatic carbocycles. The van der Waals surface area contributed by atoms with E-state index < -0.39 is 0 Å². The molecule has 0 bridgehead atoms. The predicted molar refractivity (Wildman–Crippen MR) is 83.3 cm³/mol. The molecule has 0 aliphatic rings. The van der Waals surface area contributed by atoms with Gasteiger partial charge in [0.2, 0.25) is 0 Å². The highest BCUT2D eigenvalue weighted by Gasteiger charge is 2.13. The fraction of sp³-hybridized carbons (Fsp3) is 0.571. The lowest BCUT2D eigenvalue weighted by molar-refractivity contribution is 0.380. The van der Waals surface area contributed by atoms with Crippen LogP contribution in [0.25, 0.3) is 0 Å². The van der Waals surface area contributed by atoms with Gasteiger partial charge in [0.25, 0.3) is 0 Å². The van der Waals surface area contributed by atoms with E-state index in [-0.39, 0.29) is 0 Å². The molecule has 0 saturated carbocycles. The summed E-state index contributed by atoms with van der Waals surface area (Å²) in [4.78, 5) is 4.21. The molecule has 0 saturated heterocycles. The van der Waals surface area contributed by atoms with Gasteiger partial charge in [-0.15, -0.1) is 10.2 Å². The average molecular weight is 305 g/mol. The lowest BCUT2D eigenvalue weighted by atomic mass is 10.1. The number of aromatic nitrogens is 4. The molecule has 8 nitrogen and oxygen atoms in total. The Kier molecular flexibility index (Phi) is 5.51. The maximum atomic E-state index is 5.36. The zero-order valence-corrected chi connectivity index (χ0v) is 13.6. The number of rotatable bonds is 6. The van der Waals surface area contributed by atoms with Crippen LogP contribution in [0.1, 0.15) is 36.7 Å². The lowest BCUT2D eigenvalue weighted by Crippen LogP contribution is -2.37. The van der Waals surface area contributed by atoms with Crippen LogP contribution in [0.15, 0.2) is 15.8 Å².